The predicted molar refractivity (Wildman–Crippen MR) is 84.5 cm³/mol. The van der Waals surface area contributed by atoms with Gasteiger partial charge in [-0.15, -0.1) is 11.3 Å². The summed E-state index contributed by atoms with van der Waals surface area (Å²) in [6.45, 7) is 3.31. The molecule has 1 aliphatic heterocycles. The quantitative estimate of drug-likeness (QED) is 0.859. The zero-order chi connectivity index (χ0) is 13.9. The lowest BCUT2D eigenvalue weighted by atomic mass is 10.1. The summed E-state index contributed by atoms with van der Waals surface area (Å²) in [5.41, 5.74) is 1.18. The molecule has 1 atom stereocenters. The molecule has 0 aliphatic carbocycles. The van der Waals surface area contributed by atoms with Crippen molar-refractivity contribution in [3.05, 3.63) is 44.6 Å². The summed E-state index contributed by atoms with van der Waals surface area (Å²) in [7, 11) is 0. The van der Waals surface area contributed by atoms with Gasteiger partial charge in [-0.2, -0.15) is 0 Å². The fraction of sp³-hybridized carbons (Fsp3) is 0.333. The standard InChI is InChI=1S/C15H16BrNO2S/c1-2-12(15-4-3-5-20-15)17-8-10-6-13-14(7-11(10)16)19-9-18-13/h3-7,12,17H,2,8-9H2,1H3. The molecule has 0 saturated heterocycles. The third-order valence-corrected chi connectivity index (χ3v) is 5.10. The van der Waals surface area contributed by atoms with Crippen LogP contribution < -0.4 is 14.8 Å². The van der Waals surface area contributed by atoms with Crippen molar-refractivity contribution in [2.24, 2.45) is 0 Å². The lowest BCUT2D eigenvalue weighted by Gasteiger charge is -2.16. The lowest BCUT2D eigenvalue weighted by Crippen LogP contribution is -2.19. The maximum atomic E-state index is 5.43. The number of nitrogens with one attached hydrogen (secondary N) is 1. The van der Waals surface area contributed by atoms with E-state index in [-0.39, 0.29) is 0 Å². The van der Waals surface area contributed by atoms with E-state index in [0.717, 1.165) is 28.9 Å². The molecule has 0 radical (unpaired) electrons. The average Bonchev–Trinajstić information content (AvgIpc) is 3.10. The van der Waals surface area contributed by atoms with Crippen LogP contribution in [0, 0.1) is 0 Å². The van der Waals surface area contributed by atoms with E-state index in [1.807, 2.05) is 12.1 Å². The van der Waals surface area contributed by atoms with Crippen LogP contribution >= 0.6 is 27.3 Å². The Labute approximate surface area is 131 Å². The molecule has 0 amide bonds. The molecule has 3 nitrogen and oxygen atoms in total. The van der Waals surface area contributed by atoms with Gasteiger partial charge in [-0.25, -0.2) is 0 Å². The Bertz CT molecular complexity index is 586. The highest BCUT2D eigenvalue weighted by molar-refractivity contribution is 9.10. The van der Waals surface area contributed by atoms with Crippen LogP contribution in [0.5, 0.6) is 11.5 Å². The van der Waals surface area contributed by atoms with Crippen molar-refractivity contribution < 1.29 is 9.47 Å². The Morgan fingerprint density at radius 2 is 2.15 bits per heavy atom. The Morgan fingerprint density at radius 1 is 1.35 bits per heavy atom. The zero-order valence-electron chi connectivity index (χ0n) is 11.2. The van der Waals surface area contributed by atoms with Crippen LogP contribution in [0.3, 0.4) is 0 Å². The number of benzene rings is 1. The second-order valence-corrected chi connectivity index (χ2v) is 6.49. The van der Waals surface area contributed by atoms with Crippen LogP contribution in [0.15, 0.2) is 34.1 Å². The van der Waals surface area contributed by atoms with E-state index in [1.54, 1.807) is 11.3 Å². The van der Waals surface area contributed by atoms with Crippen LogP contribution in [0.4, 0.5) is 0 Å². The van der Waals surface area contributed by atoms with Crippen molar-refractivity contribution in [3.63, 3.8) is 0 Å². The molecule has 1 aromatic carbocycles. The molecule has 1 N–H and O–H groups in total. The molecule has 5 heteroatoms. The monoisotopic (exact) mass is 353 g/mol. The summed E-state index contributed by atoms with van der Waals surface area (Å²) >= 11 is 5.39. The molecule has 20 heavy (non-hydrogen) atoms. The van der Waals surface area contributed by atoms with Crippen LogP contribution in [-0.4, -0.2) is 6.79 Å². The van der Waals surface area contributed by atoms with E-state index in [2.05, 4.69) is 45.7 Å². The fourth-order valence-electron chi connectivity index (χ4n) is 2.26. The van der Waals surface area contributed by atoms with Gasteiger partial charge in [0.2, 0.25) is 6.79 Å². The largest absolute Gasteiger partial charge is 0.454 e. The van der Waals surface area contributed by atoms with Gasteiger partial charge < -0.3 is 14.8 Å². The second kappa shape index (κ2) is 6.16. The number of thiophene rings is 1. The fourth-order valence-corrected chi connectivity index (χ4v) is 3.61. The number of rotatable bonds is 5. The lowest BCUT2D eigenvalue weighted by molar-refractivity contribution is 0.174. The zero-order valence-corrected chi connectivity index (χ0v) is 13.6. The number of ether oxygens (including phenoxy) is 2. The molecule has 106 valence electrons. The van der Waals surface area contributed by atoms with E-state index >= 15 is 0 Å². The summed E-state index contributed by atoms with van der Waals surface area (Å²) in [6.07, 6.45) is 1.07. The average molecular weight is 354 g/mol. The molecule has 1 unspecified atom stereocenters. The van der Waals surface area contributed by atoms with Crippen LogP contribution in [0.2, 0.25) is 0 Å². The smallest absolute Gasteiger partial charge is 0.231 e. The van der Waals surface area contributed by atoms with Gasteiger partial charge in [0.05, 0.1) is 0 Å². The van der Waals surface area contributed by atoms with Gasteiger partial charge in [-0.05, 0) is 35.6 Å². The van der Waals surface area contributed by atoms with Crippen molar-refractivity contribution in [2.45, 2.75) is 25.9 Å². The minimum absolute atomic E-state index is 0.311. The van der Waals surface area contributed by atoms with Crippen molar-refractivity contribution >= 4 is 27.3 Å². The number of halogens is 1. The van der Waals surface area contributed by atoms with Gasteiger partial charge in [-0.3, -0.25) is 0 Å². The predicted octanol–water partition coefficient (Wildman–Crippen LogP) is 4.48. The number of hydrogen-bond acceptors (Lipinski definition) is 4. The first-order valence-electron chi connectivity index (χ1n) is 6.62. The second-order valence-electron chi connectivity index (χ2n) is 4.65. The molecule has 2 aromatic rings. The summed E-state index contributed by atoms with van der Waals surface area (Å²) in [5.74, 6) is 1.64. The first-order chi connectivity index (χ1) is 9.78. The highest BCUT2D eigenvalue weighted by Crippen LogP contribution is 2.37. The normalized spacial score (nSPS) is 14.5. The summed E-state index contributed by atoms with van der Waals surface area (Å²) in [4.78, 5) is 1.38. The van der Waals surface area contributed by atoms with Crippen LogP contribution in [0.1, 0.15) is 29.8 Å². The maximum Gasteiger partial charge on any atom is 0.231 e. The van der Waals surface area contributed by atoms with E-state index in [4.69, 9.17) is 9.47 Å². The summed E-state index contributed by atoms with van der Waals surface area (Å²) in [5, 5.41) is 5.73. The molecule has 2 heterocycles. The molecule has 3 rings (SSSR count). The van der Waals surface area contributed by atoms with Gasteiger partial charge in [-0.1, -0.05) is 28.9 Å². The van der Waals surface area contributed by atoms with Gasteiger partial charge >= 0.3 is 0 Å². The first kappa shape index (κ1) is 13.9. The first-order valence-corrected chi connectivity index (χ1v) is 8.30. The maximum absolute atomic E-state index is 5.43. The molecule has 0 fully saturated rings. The highest BCUT2D eigenvalue weighted by atomic mass is 79.9. The molecular weight excluding hydrogens is 338 g/mol. The van der Waals surface area contributed by atoms with Gasteiger partial charge in [0.1, 0.15) is 0 Å². The molecule has 1 aromatic heterocycles. The van der Waals surface area contributed by atoms with Gasteiger partial charge in [0.25, 0.3) is 0 Å². The molecular formula is C15H16BrNO2S. The number of hydrogen-bond donors (Lipinski definition) is 1. The van der Waals surface area contributed by atoms with Crippen molar-refractivity contribution in [2.75, 3.05) is 6.79 Å². The van der Waals surface area contributed by atoms with Crippen molar-refractivity contribution in [1.29, 1.82) is 0 Å². The Kier molecular flexibility index (Phi) is 4.29. The van der Waals surface area contributed by atoms with Crippen LogP contribution in [0.25, 0.3) is 0 Å². The van der Waals surface area contributed by atoms with Crippen molar-refractivity contribution in [3.8, 4) is 11.5 Å². The molecule has 0 spiro atoms. The topological polar surface area (TPSA) is 30.5 Å². The van der Waals surface area contributed by atoms with Gasteiger partial charge in [0, 0.05) is 21.9 Å². The SMILES string of the molecule is CCC(NCc1cc2c(cc1Br)OCO2)c1cccs1. The van der Waals surface area contributed by atoms with E-state index < -0.39 is 0 Å². The third-order valence-electron chi connectivity index (χ3n) is 3.38. The Balaban J connectivity index is 1.72. The van der Waals surface area contributed by atoms with E-state index in [1.165, 1.54) is 10.4 Å². The minimum atomic E-state index is 0.311. The number of fused-ring (bicyclic) bond motifs is 1. The summed E-state index contributed by atoms with van der Waals surface area (Å²) < 4.78 is 11.9. The molecule has 0 bridgehead atoms. The van der Waals surface area contributed by atoms with Crippen molar-refractivity contribution in [1.82, 2.24) is 5.32 Å². The Hall–Kier alpha value is -1.04. The van der Waals surface area contributed by atoms with Crippen LogP contribution in [-0.2, 0) is 6.54 Å². The summed E-state index contributed by atoms with van der Waals surface area (Å²) in [6, 6.07) is 8.69. The van der Waals surface area contributed by atoms with E-state index in [9.17, 15) is 0 Å². The minimum Gasteiger partial charge on any atom is -0.454 e. The van der Waals surface area contributed by atoms with E-state index in [0.29, 0.717) is 12.8 Å². The third kappa shape index (κ3) is 2.85. The molecule has 1 aliphatic rings. The Morgan fingerprint density at radius 3 is 2.85 bits per heavy atom. The highest BCUT2D eigenvalue weighted by Gasteiger charge is 2.17. The van der Waals surface area contributed by atoms with Gasteiger partial charge in [0.15, 0.2) is 11.5 Å². The molecule has 0 saturated carbocycles.